The summed E-state index contributed by atoms with van der Waals surface area (Å²) >= 11 is 0. The fourth-order valence-electron chi connectivity index (χ4n) is 4.58. The number of para-hydroxylation sites is 1. The molecule has 3 heterocycles. The Hall–Kier alpha value is -3.51. The van der Waals surface area contributed by atoms with Crippen LogP contribution in [0.3, 0.4) is 0 Å². The molecule has 168 valence electrons. The number of rotatable bonds is 5. The highest BCUT2D eigenvalue weighted by atomic mass is 16.5. The number of carbonyl (C=O) groups excluding carboxylic acids is 1. The molecule has 1 aliphatic heterocycles. The van der Waals surface area contributed by atoms with Gasteiger partial charge in [-0.15, -0.1) is 0 Å². The predicted octanol–water partition coefficient (Wildman–Crippen LogP) is 4.12. The fourth-order valence-corrected chi connectivity index (χ4v) is 4.58. The molecule has 1 aliphatic rings. The first-order valence-corrected chi connectivity index (χ1v) is 11.4. The van der Waals surface area contributed by atoms with Gasteiger partial charge in [0, 0.05) is 55.1 Å². The van der Waals surface area contributed by atoms with Crippen molar-refractivity contribution in [3.8, 4) is 0 Å². The molecular weight excluding hydrogens is 412 g/mol. The minimum Gasteiger partial charge on any atom is -0.379 e. The molecule has 1 amide bonds. The minimum atomic E-state index is 0.0609. The van der Waals surface area contributed by atoms with Gasteiger partial charge in [0.1, 0.15) is 5.82 Å². The molecule has 1 saturated heterocycles. The van der Waals surface area contributed by atoms with Crippen LogP contribution in [0.25, 0.3) is 10.9 Å². The fraction of sp³-hybridized carbons (Fsp3) is 0.296. The molecule has 5 rings (SSSR count). The van der Waals surface area contributed by atoms with Crippen LogP contribution in [-0.2, 0) is 17.7 Å². The standard InChI is InChI=1S/C27H28N4O2/c1-20-28-11-12-30(20)17-21-5-2-8-25(15-21)27(32)31-13-14-33-19-22(18-31)16-24-7-3-6-23-9-4-10-29-26(23)24/h2-12,15,22H,13-14,16-19H2,1H3/t22-/m1/s1. The van der Waals surface area contributed by atoms with Gasteiger partial charge in [0.15, 0.2) is 0 Å². The topological polar surface area (TPSA) is 60.2 Å². The second kappa shape index (κ2) is 9.55. The third-order valence-corrected chi connectivity index (χ3v) is 6.30. The van der Waals surface area contributed by atoms with Crippen LogP contribution in [0.2, 0.25) is 0 Å². The number of hydrogen-bond donors (Lipinski definition) is 0. The van der Waals surface area contributed by atoms with E-state index in [1.807, 2.05) is 48.5 Å². The van der Waals surface area contributed by atoms with Crippen LogP contribution in [0.5, 0.6) is 0 Å². The van der Waals surface area contributed by atoms with Crippen LogP contribution in [0, 0.1) is 12.8 Å². The summed E-state index contributed by atoms with van der Waals surface area (Å²) in [4.78, 5) is 24.2. The van der Waals surface area contributed by atoms with E-state index in [-0.39, 0.29) is 11.8 Å². The first kappa shape index (κ1) is 21.3. The molecule has 0 spiro atoms. The van der Waals surface area contributed by atoms with Gasteiger partial charge < -0.3 is 14.2 Å². The third-order valence-electron chi connectivity index (χ3n) is 6.30. The maximum absolute atomic E-state index is 13.4. The molecule has 0 radical (unpaired) electrons. The Labute approximate surface area is 193 Å². The van der Waals surface area contributed by atoms with E-state index in [0.717, 1.165) is 34.3 Å². The summed E-state index contributed by atoms with van der Waals surface area (Å²) in [6.07, 6.45) is 6.43. The zero-order chi connectivity index (χ0) is 22.6. The Morgan fingerprint density at radius 3 is 2.85 bits per heavy atom. The van der Waals surface area contributed by atoms with Crippen molar-refractivity contribution >= 4 is 16.8 Å². The average Bonchev–Trinajstić information content (AvgIpc) is 3.10. The normalized spacial score (nSPS) is 16.6. The predicted molar refractivity (Wildman–Crippen MR) is 128 cm³/mol. The molecular formula is C27H28N4O2. The molecule has 0 saturated carbocycles. The van der Waals surface area contributed by atoms with Gasteiger partial charge in [-0.3, -0.25) is 9.78 Å². The Morgan fingerprint density at radius 2 is 1.97 bits per heavy atom. The van der Waals surface area contributed by atoms with Gasteiger partial charge in [-0.2, -0.15) is 0 Å². The molecule has 0 N–H and O–H groups in total. The van der Waals surface area contributed by atoms with E-state index in [2.05, 4.69) is 44.9 Å². The number of hydrogen-bond acceptors (Lipinski definition) is 4. The van der Waals surface area contributed by atoms with Crippen molar-refractivity contribution in [2.75, 3.05) is 26.3 Å². The Balaban J connectivity index is 1.32. The number of amides is 1. The van der Waals surface area contributed by atoms with E-state index in [1.54, 1.807) is 6.20 Å². The van der Waals surface area contributed by atoms with Gasteiger partial charge in [-0.05, 0) is 42.7 Å². The summed E-state index contributed by atoms with van der Waals surface area (Å²) in [5, 5.41) is 1.14. The van der Waals surface area contributed by atoms with Gasteiger partial charge in [0.2, 0.25) is 0 Å². The lowest BCUT2D eigenvalue weighted by molar-refractivity contribution is 0.0737. The molecule has 4 aromatic rings. The largest absolute Gasteiger partial charge is 0.379 e. The summed E-state index contributed by atoms with van der Waals surface area (Å²) in [5.41, 5.74) is 4.04. The second-order valence-electron chi connectivity index (χ2n) is 8.69. The molecule has 0 bridgehead atoms. The summed E-state index contributed by atoms with van der Waals surface area (Å²) in [6.45, 7) is 5.17. The molecule has 0 aliphatic carbocycles. The maximum atomic E-state index is 13.4. The van der Waals surface area contributed by atoms with Crippen molar-refractivity contribution in [3.63, 3.8) is 0 Å². The zero-order valence-corrected chi connectivity index (χ0v) is 18.9. The minimum absolute atomic E-state index is 0.0609. The van der Waals surface area contributed by atoms with E-state index in [9.17, 15) is 4.79 Å². The van der Waals surface area contributed by atoms with Gasteiger partial charge in [0.05, 0.1) is 18.7 Å². The van der Waals surface area contributed by atoms with Crippen LogP contribution in [0.4, 0.5) is 0 Å². The first-order valence-electron chi connectivity index (χ1n) is 11.4. The average molecular weight is 441 g/mol. The van der Waals surface area contributed by atoms with Crippen molar-refractivity contribution in [1.29, 1.82) is 0 Å². The second-order valence-corrected chi connectivity index (χ2v) is 8.69. The first-order chi connectivity index (χ1) is 16.2. The van der Waals surface area contributed by atoms with Crippen molar-refractivity contribution in [3.05, 3.63) is 95.7 Å². The van der Waals surface area contributed by atoms with Crippen molar-refractivity contribution in [1.82, 2.24) is 19.4 Å². The molecule has 6 heteroatoms. The number of benzene rings is 2. The van der Waals surface area contributed by atoms with Gasteiger partial charge in [-0.1, -0.05) is 36.4 Å². The molecule has 1 fully saturated rings. The van der Waals surface area contributed by atoms with Crippen LogP contribution in [-0.4, -0.2) is 51.6 Å². The highest BCUT2D eigenvalue weighted by Gasteiger charge is 2.24. The highest BCUT2D eigenvalue weighted by Crippen LogP contribution is 2.22. The molecule has 6 nitrogen and oxygen atoms in total. The lowest BCUT2D eigenvalue weighted by Crippen LogP contribution is -2.36. The quantitative estimate of drug-likeness (QED) is 0.468. The van der Waals surface area contributed by atoms with E-state index in [4.69, 9.17) is 4.74 Å². The number of carbonyl (C=O) groups is 1. The van der Waals surface area contributed by atoms with Crippen LogP contribution in [0.15, 0.2) is 73.2 Å². The Kier molecular flexibility index (Phi) is 6.17. The number of nitrogens with zero attached hydrogens (tertiary/aromatic N) is 4. The Bertz CT molecular complexity index is 1260. The lowest BCUT2D eigenvalue weighted by atomic mass is 9.97. The molecule has 1 atom stereocenters. The van der Waals surface area contributed by atoms with Crippen LogP contribution < -0.4 is 0 Å². The number of imidazole rings is 1. The van der Waals surface area contributed by atoms with E-state index >= 15 is 0 Å². The number of fused-ring (bicyclic) bond motifs is 1. The smallest absolute Gasteiger partial charge is 0.253 e. The zero-order valence-electron chi connectivity index (χ0n) is 18.9. The van der Waals surface area contributed by atoms with E-state index in [0.29, 0.717) is 32.8 Å². The van der Waals surface area contributed by atoms with Gasteiger partial charge in [0.25, 0.3) is 5.91 Å². The van der Waals surface area contributed by atoms with E-state index < -0.39 is 0 Å². The number of pyridine rings is 1. The number of aryl methyl sites for hydroxylation is 1. The maximum Gasteiger partial charge on any atom is 0.253 e. The summed E-state index contributed by atoms with van der Waals surface area (Å²) in [5.74, 6) is 1.24. The number of aromatic nitrogens is 3. The molecule has 33 heavy (non-hydrogen) atoms. The van der Waals surface area contributed by atoms with Crippen LogP contribution >= 0.6 is 0 Å². The molecule has 0 unspecified atom stereocenters. The monoisotopic (exact) mass is 440 g/mol. The molecule has 2 aromatic heterocycles. The van der Waals surface area contributed by atoms with E-state index in [1.165, 1.54) is 5.56 Å². The van der Waals surface area contributed by atoms with Gasteiger partial charge in [-0.25, -0.2) is 4.98 Å². The SMILES string of the molecule is Cc1nccn1Cc1cccc(C(=O)N2CCOC[C@H](Cc3cccc4cccnc34)C2)c1. The number of ether oxygens (including phenoxy) is 1. The van der Waals surface area contributed by atoms with Crippen molar-refractivity contribution in [2.45, 2.75) is 19.9 Å². The van der Waals surface area contributed by atoms with Crippen LogP contribution in [0.1, 0.15) is 27.3 Å². The third kappa shape index (κ3) is 4.81. The lowest BCUT2D eigenvalue weighted by Gasteiger charge is -2.24. The molecule has 2 aromatic carbocycles. The van der Waals surface area contributed by atoms with Crippen molar-refractivity contribution in [2.24, 2.45) is 5.92 Å². The Morgan fingerprint density at radius 1 is 1.09 bits per heavy atom. The summed E-state index contributed by atoms with van der Waals surface area (Å²) in [7, 11) is 0. The summed E-state index contributed by atoms with van der Waals surface area (Å²) in [6, 6.07) is 18.3. The summed E-state index contributed by atoms with van der Waals surface area (Å²) < 4.78 is 7.97. The van der Waals surface area contributed by atoms with Gasteiger partial charge >= 0.3 is 0 Å². The highest BCUT2D eigenvalue weighted by molar-refractivity contribution is 5.94. The van der Waals surface area contributed by atoms with Crippen molar-refractivity contribution < 1.29 is 9.53 Å².